The third kappa shape index (κ3) is 6.64. The van der Waals surface area contributed by atoms with Gasteiger partial charge in [0.05, 0.1) is 11.4 Å². The highest BCUT2D eigenvalue weighted by atomic mass is 32.1. The van der Waals surface area contributed by atoms with Crippen LogP contribution in [-0.2, 0) is 9.59 Å². The second-order valence-electron chi connectivity index (χ2n) is 7.86. The van der Waals surface area contributed by atoms with Gasteiger partial charge < -0.3 is 15.5 Å². The van der Waals surface area contributed by atoms with Gasteiger partial charge in [-0.25, -0.2) is 0 Å². The van der Waals surface area contributed by atoms with Crippen molar-refractivity contribution >= 4 is 40.4 Å². The van der Waals surface area contributed by atoms with Gasteiger partial charge in [0.15, 0.2) is 0 Å². The number of carbonyl (C=O) groups is 3. The predicted molar refractivity (Wildman–Crippen MR) is 125 cm³/mol. The Morgan fingerprint density at radius 2 is 1.84 bits per heavy atom. The van der Waals surface area contributed by atoms with Crippen LogP contribution in [0.2, 0.25) is 0 Å². The number of thiophene rings is 2. The molecule has 1 aliphatic rings. The molecular formula is C23H31N3O3S2. The van der Waals surface area contributed by atoms with Gasteiger partial charge in [-0.05, 0) is 42.2 Å². The van der Waals surface area contributed by atoms with Crippen molar-refractivity contribution in [3.05, 3.63) is 44.8 Å². The number of nitrogens with one attached hydrogen (secondary N) is 2. The van der Waals surface area contributed by atoms with Crippen LogP contribution in [0, 0.1) is 0 Å². The van der Waals surface area contributed by atoms with Gasteiger partial charge in [0.25, 0.3) is 5.91 Å². The maximum absolute atomic E-state index is 13.4. The fraction of sp³-hybridized carbons (Fsp3) is 0.522. The highest BCUT2D eigenvalue weighted by Crippen LogP contribution is 2.27. The molecule has 1 fully saturated rings. The summed E-state index contributed by atoms with van der Waals surface area (Å²) in [5, 5.41) is 9.66. The molecule has 2 N–H and O–H groups in total. The number of unbranched alkanes of at least 4 members (excludes halogenated alkanes) is 1. The van der Waals surface area contributed by atoms with Crippen LogP contribution in [0.15, 0.2) is 35.0 Å². The molecule has 1 atom stereocenters. The first kappa shape index (κ1) is 23.5. The van der Waals surface area contributed by atoms with Crippen molar-refractivity contribution < 1.29 is 14.4 Å². The molecule has 2 heterocycles. The monoisotopic (exact) mass is 461 g/mol. The summed E-state index contributed by atoms with van der Waals surface area (Å²) in [7, 11) is 0. The van der Waals surface area contributed by atoms with E-state index in [4.69, 9.17) is 0 Å². The van der Waals surface area contributed by atoms with E-state index in [-0.39, 0.29) is 30.3 Å². The van der Waals surface area contributed by atoms with E-state index in [1.165, 1.54) is 29.1 Å². The summed E-state index contributed by atoms with van der Waals surface area (Å²) in [5.41, 5.74) is 0. The molecule has 8 heteroatoms. The van der Waals surface area contributed by atoms with Crippen molar-refractivity contribution in [2.24, 2.45) is 0 Å². The Kier molecular flexibility index (Phi) is 9.09. The molecule has 0 radical (unpaired) electrons. The maximum Gasteiger partial charge on any atom is 0.261 e. The van der Waals surface area contributed by atoms with Crippen LogP contribution in [0.5, 0.6) is 0 Å². The second-order valence-corrected chi connectivity index (χ2v) is 9.79. The molecule has 0 unspecified atom stereocenters. The standard InChI is InChI=1S/C23H31N3O3S2/c1-2-3-13-26(20(27)16-24-22(28)19-12-8-15-31-19)21(18-11-7-14-30-18)23(29)25-17-9-5-4-6-10-17/h7-8,11-12,14-15,17,21H,2-6,9-10,13,16H2,1H3,(H,24,28)(H,25,29)/t21-/m1/s1. The van der Waals surface area contributed by atoms with Gasteiger partial charge in [-0.1, -0.05) is 44.7 Å². The van der Waals surface area contributed by atoms with Gasteiger partial charge in [-0.3, -0.25) is 14.4 Å². The van der Waals surface area contributed by atoms with Crippen LogP contribution in [0.4, 0.5) is 0 Å². The molecule has 0 aromatic carbocycles. The van der Waals surface area contributed by atoms with E-state index >= 15 is 0 Å². The van der Waals surface area contributed by atoms with E-state index < -0.39 is 6.04 Å². The summed E-state index contributed by atoms with van der Waals surface area (Å²) < 4.78 is 0. The highest BCUT2D eigenvalue weighted by molar-refractivity contribution is 7.12. The summed E-state index contributed by atoms with van der Waals surface area (Å²) in [4.78, 5) is 41.9. The van der Waals surface area contributed by atoms with E-state index in [0.29, 0.717) is 11.4 Å². The van der Waals surface area contributed by atoms with Crippen LogP contribution in [0.3, 0.4) is 0 Å². The van der Waals surface area contributed by atoms with Gasteiger partial charge in [-0.2, -0.15) is 0 Å². The highest BCUT2D eigenvalue weighted by Gasteiger charge is 2.33. The van der Waals surface area contributed by atoms with E-state index in [0.717, 1.165) is 43.4 Å². The summed E-state index contributed by atoms with van der Waals surface area (Å²) in [5.74, 6) is -0.628. The van der Waals surface area contributed by atoms with Crippen LogP contribution >= 0.6 is 22.7 Å². The molecule has 6 nitrogen and oxygen atoms in total. The van der Waals surface area contributed by atoms with Crippen LogP contribution in [0.1, 0.15) is 72.5 Å². The van der Waals surface area contributed by atoms with Crippen LogP contribution in [0.25, 0.3) is 0 Å². The van der Waals surface area contributed by atoms with Crippen molar-refractivity contribution in [1.82, 2.24) is 15.5 Å². The van der Waals surface area contributed by atoms with Crippen molar-refractivity contribution in [3.8, 4) is 0 Å². The molecule has 0 aliphatic heterocycles. The number of hydrogen-bond acceptors (Lipinski definition) is 5. The molecular weight excluding hydrogens is 430 g/mol. The minimum Gasteiger partial charge on any atom is -0.351 e. The zero-order chi connectivity index (χ0) is 22.1. The minimum atomic E-state index is -0.667. The Morgan fingerprint density at radius 1 is 1.10 bits per heavy atom. The third-order valence-corrected chi connectivity index (χ3v) is 7.34. The number of amides is 3. The Bertz CT molecular complexity index is 830. The predicted octanol–water partition coefficient (Wildman–Crippen LogP) is 4.36. The second kappa shape index (κ2) is 12.0. The lowest BCUT2D eigenvalue weighted by molar-refractivity contribution is -0.140. The summed E-state index contributed by atoms with van der Waals surface area (Å²) in [6, 6.07) is 6.85. The third-order valence-electron chi connectivity index (χ3n) is 5.54. The first-order valence-corrected chi connectivity index (χ1v) is 12.8. The van der Waals surface area contributed by atoms with Crippen molar-refractivity contribution in [2.45, 2.75) is 64.0 Å². The average Bonchev–Trinajstić information content (AvgIpc) is 3.50. The first-order valence-electron chi connectivity index (χ1n) is 11.0. The normalized spacial score (nSPS) is 15.3. The number of rotatable bonds is 10. The zero-order valence-electron chi connectivity index (χ0n) is 18.0. The van der Waals surface area contributed by atoms with Gasteiger partial charge in [0.1, 0.15) is 6.04 Å². The van der Waals surface area contributed by atoms with E-state index in [1.54, 1.807) is 17.0 Å². The summed E-state index contributed by atoms with van der Waals surface area (Å²) in [6.45, 7) is 2.41. The fourth-order valence-electron chi connectivity index (χ4n) is 3.88. The van der Waals surface area contributed by atoms with Gasteiger partial charge in [0.2, 0.25) is 11.8 Å². The summed E-state index contributed by atoms with van der Waals surface area (Å²) >= 11 is 2.82. The average molecular weight is 462 g/mol. The van der Waals surface area contributed by atoms with Crippen LogP contribution in [-0.4, -0.2) is 41.8 Å². The lowest BCUT2D eigenvalue weighted by Gasteiger charge is -2.32. The Labute approximate surface area is 192 Å². The molecule has 31 heavy (non-hydrogen) atoms. The quantitative estimate of drug-likeness (QED) is 0.552. The largest absolute Gasteiger partial charge is 0.351 e. The molecule has 0 saturated heterocycles. The van der Waals surface area contributed by atoms with Crippen molar-refractivity contribution in [3.63, 3.8) is 0 Å². The van der Waals surface area contributed by atoms with Gasteiger partial charge in [0, 0.05) is 17.5 Å². The molecule has 2 aromatic heterocycles. The number of hydrogen-bond donors (Lipinski definition) is 2. The molecule has 1 aliphatic carbocycles. The SMILES string of the molecule is CCCCN(C(=O)CNC(=O)c1cccs1)[C@@H](C(=O)NC1CCCCC1)c1cccs1. The molecule has 1 saturated carbocycles. The molecule has 3 rings (SSSR count). The van der Waals surface area contributed by atoms with Crippen molar-refractivity contribution in [2.75, 3.05) is 13.1 Å². The molecule has 0 bridgehead atoms. The number of carbonyl (C=O) groups excluding carboxylic acids is 3. The first-order chi connectivity index (χ1) is 15.1. The maximum atomic E-state index is 13.4. The van der Waals surface area contributed by atoms with Gasteiger partial charge in [-0.15, -0.1) is 22.7 Å². The summed E-state index contributed by atoms with van der Waals surface area (Å²) in [6.07, 6.45) is 7.15. The smallest absolute Gasteiger partial charge is 0.261 e. The van der Waals surface area contributed by atoms with Crippen molar-refractivity contribution in [1.29, 1.82) is 0 Å². The molecule has 168 valence electrons. The van der Waals surface area contributed by atoms with E-state index in [1.807, 2.05) is 22.9 Å². The fourth-order valence-corrected chi connectivity index (χ4v) is 5.35. The lowest BCUT2D eigenvalue weighted by atomic mass is 9.95. The van der Waals surface area contributed by atoms with Gasteiger partial charge >= 0.3 is 0 Å². The lowest BCUT2D eigenvalue weighted by Crippen LogP contribution is -2.49. The van der Waals surface area contributed by atoms with E-state index in [9.17, 15) is 14.4 Å². The number of nitrogens with zero attached hydrogens (tertiary/aromatic N) is 1. The Morgan fingerprint density at radius 3 is 2.48 bits per heavy atom. The Hall–Kier alpha value is -2.19. The molecule has 3 amide bonds. The molecule has 2 aromatic rings. The van der Waals surface area contributed by atoms with E-state index in [2.05, 4.69) is 17.6 Å². The topological polar surface area (TPSA) is 78.5 Å². The van der Waals surface area contributed by atoms with Crippen LogP contribution < -0.4 is 10.6 Å². The Balaban J connectivity index is 1.74. The minimum absolute atomic E-state index is 0.122. The zero-order valence-corrected chi connectivity index (χ0v) is 19.6. The molecule has 0 spiro atoms.